The molecule has 15 unspecified atom stereocenters. The third-order valence-corrected chi connectivity index (χ3v) is 13.3. The summed E-state index contributed by atoms with van der Waals surface area (Å²) in [5.74, 6) is 0.160. The Balaban J connectivity index is 1.55. The molecule has 0 bridgehead atoms. The van der Waals surface area contributed by atoms with Crippen molar-refractivity contribution in [3.63, 3.8) is 0 Å². The van der Waals surface area contributed by atoms with E-state index in [1.54, 1.807) is 0 Å². The monoisotopic (exact) mass is 663 g/mol. The van der Waals surface area contributed by atoms with Crippen molar-refractivity contribution in [3.05, 3.63) is 23.3 Å². The van der Waals surface area contributed by atoms with E-state index in [0.717, 1.165) is 43.3 Å². The first-order chi connectivity index (χ1) is 22.1. The van der Waals surface area contributed by atoms with Gasteiger partial charge in [0.25, 0.3) is 0 Å². The molecule has 0 aromatic heterocycles. The molecule has 15 atom stereocenters. The minimum absolute atomic E-state index is 0.0143. The Morgan fingerprint density at radius 3 is 2.43 bits per heavy atom. The normalized spacial score (nSPS) is 45.6. The number of methoxy groups -OCH3 is 1. The van der Waals surface area contributed by atoms with E-state index >= 15 is 0 Å². The van der Waals surface area contributed by atoms with E-state index in [0.29, 0.717) is 25.2 Å². The molecule has 10 heteroatoms. The van der Waals surface area contributed by atoms with Crippen LogP contribution >= 0.6 is 0 Å². The minimum Gasteiger partial charge on any atom is -0.394 e. The molecule has 10 nitrogen and oxygen atoms in total. The van der Waals surface area contributed by atoms with E-state index in [-0.39, 0.29) is 46.5 Å². The zero-order valence-corrected chi connectivity index (χ0v) is 29.5. The fourth-order valence-electron chi connectivity index (χ4n) is 10.6. The Labute approximate surface area is 280 Å². The van der Waals surface area contributed by atoms with Crippen LogP contribution in [0.4, 0.5) is 0 Å². The van der Waals surface area contributed by atoms with Crippen molar-refractivity contribution in [2.24, 2.45) is 40.4 Å². The topological polar surface area (TPSA) is 158 Å². The lowest BCUT2D eigenvalue weighted by Crippen LogP contribution is -2.65. The van der Waals surface area contributed by atoms with Crippen molar-refractivity contribution < 1.29 is 44.5 Å². The summed E-state index contributed by atoms with van der Waals surface area (Å²) in [7, 11) is 1.43. The summed E-state index contributed by atoms with van der Waals surface area (Å²) in [4.78, 5) is 12.3. The highest BCUT2D eigenvalue weighted by molar-refractivity contribution is 5.73. The van der Waals surface area contributed by atoms with Crippen molar-refractivity contribution in [2.45, 2.75) is 148 Å². The summed E-state index contributed by atoms with van der Waals surface area (Å²) in [6.07, 6.45) is -0.670. The summed E-state index contributed by atoms with van der Waals surface area (Å²) in [6, 6.07) is -0.923. The molecule has 5 rings (SSSR count). The van der Waals surface area contributed by atoms with Gasteiger partial charge in [0, 0.05) is 14.0 Å². The fraction of sp³-hybridized carbons (Fsp3) is 0.865. The molecule has 0 aromatic carbocycles. The third kappa shape index (κ3) is 6.51. The summed E-state index contributed by atoms with van der Waals surface area (Å²) >= 11 is 0. The summed E-state index contributed by atoms with van der Waals surface area (Å²) < 4.78 is 18.6. The van der Waals surface area contributed by atoms with Gasteiger partial charge >= 0.3 is 0 Å². The van der Waals surface area contributed by atoms with Crippen molar-refractivity contribution in [1.82, 2.24) is 5.32 Å². The van der Waals surface area contributed by atoms with E-state index in [1.165, 1.54) is 19.6 Å². The smallest absolute Gasteiger partial charge is 0.217 e. The summed E-state index contributed by atoms with van der Waals surface area (Å²) in [6.45, 7) is 16.4. The second kappa shape index (κ2) is 14.1. The van der Waals surface area contributed by atoms with Crippen LogP contribution < -0.4 is 5.32 Å². The average molecular weight is 664 g/mol. The lowest BCUT2D eigenvalue weighted by atomic mass is 9.47. The van der Waals surface area contributed by atoms with E-state index < -0.39 is 55.6 Å². The quantitative estimate of drug-likeness (QED) is 0.193. The van der Waals surface area contributed by atoms with Crippen LogP contribution in [0, 0.1) is 40.4 Å². The lowest BCUT2D eigenvalue weighted by Gasteiger charge is -2.59. The fourth-order valence-corrected chi connectivity index (χ4v) is 10.6. The molecule has 1 heterocycles. The maximum atomic E-state index is 12.3. The van der Waals surface area contributed by atoms with Crippen LogP contribution in [-0.4, -0.2) is 100 Å². The minimum atomic E-state index is -1.18. The predicted molar refractivity (Wildman–Crippen MR) is 177 cm³/mol. The number of carbonyl (C=O) groups excluding carboxylic acids is 1. The van der Waals surface area contributed by atoms with Crippen LogP contribution in [0.2, 0.25) is 0 Å². The number of hydrogen-bond acceptors (Lipinski definition) is 9. The highest BCUT2D eigenvalue weighted by Gasteiger charge is 2.63. The highest BCUT2D eigenvalue weighted by Crippen LogP contribution is 2.66. The molecule has 0 aromatic rings. The molecule has 4 aliphatic carbocycles. The number of aliphatic hydroxyl groups is 5. The third-order valence-electron chi connectivity index (χ3n) is 13.3. The number of nitrogens with one attached hydrogen (secondary N) is 1. The average Bonchev–Trinajstić information content (AvgIpc) is 3.31. The first-order valence-corrected chi connectivity index (χ1v) is 17.9. The van der Waals surface area contributed by atoms with Gasteiger partial charge in [-0.05, 0) is 97.4 Å². The Morgan fingerprint density at radius 1 is 1.11 bits per heavy atom. The predicted octanol–water partition coefficient (Wildman–Crippen LogP) is 3.23. The van der Waals surface area contributed by atoms with E-state index in [4.69, 9.17) is 14.2 Å². The molecular formula is C37H61NO9. The van der Waals surface area contributed by atoms with Gasteiger partial charge in [0.2, 0.25) is 5.91 Å². The van der Waals surface area contributed by atoms with Gasteiger partial charge in [0.15, 0.2) is 6.29 Å². The molecule has 0 spiro atoms. The largest absolute Gasteiger partial charge is 0.394 e. The van der Waals surface area contributed by atoms with Crippen molar-refractivity contribution in [3.8, 4) is 0 Å². The zero-order chi connectivity index (χ0) is 34.6. The highest BCUT2D eigenvalue weighted by atomic mass is 16.7. The van der Waals surface area contributed by atoms with Crippen LogP contribution in [0.3, 0.4) is 0 Å². The lowest BCUT2D eigenvalue weighted by molar-refractivity contribution is -0.290. The molecular weight excluding hydrogens is 602 g/mol. The van der Waals surface area contributed by atoms with Crippen molar-refractivity contribution in [1.29, 1.82) is 0 Å². The molecule has 47 heavy (non-hydrogen) atoms. The Kier molecular flexibility index (Phi) is 11.1. The molecule has 1 aliphatic heterocycles. The molecule has 3 saturated carbocycles. The van der Waals surface area contributed by atoms with E-state index in [1.807, 2.05) is 0 Å². The number of fused-ring (bicyclic) bond motifs is 4. The molecule has 6 N–H and O–H groups in total. The number of ether oxygens (including phenoxy) is 3. The number of carbonyl (C=O) groups is 1. The van der Waals surface area contributed by atoms with Crippen LogP contribution in [0.1, 0.15) is 92.9 Å². The maximum Gasteiger partial charge on any atom is 0.217 e. The Morgan fingerprint density at radius 2 is 1.81 bits per heavy atom. The molecule has 0 radical (unpaired) electrons. The van der Waals surface area contributed by atoms with Gasteiger partial charge in [-0.25, -0.2) is 0 Å². The number of rotatable bonds is 10. The number of aliphatic hydroxyl groups excluding tert-OH is 5. The zero-order valence-electron chi connectivity index (χ0n) is 29.5. The van der Waals surface area contributed by atoms with E-state index in [9.17, 15) is 30.3 Å². The van der Waals surface area contributed by atoms with Gasteiger partial charge in [-0.15, -0.1) is 0 Å². The van der Waals surface area contributed by atoms with Gasteiger partial charge in [-0.2, -0.15) is 0 Å². The van der Waals surface area contributed by atoms with Crippen LogP contribution in [0.5, 0.6) is 0 Å². The Hall–Kier alpha value is -1.37. The maximum absolute atomic E-state index is 12.3. The van der Waals surface area contributed by atoms with Crippen LogP contribution in [0.25, 0.3) is 0 Å². The van der Waals surface area contributed by atoms with Gasteiger partial charge < -0.3 is 45.1 Å². The van der Waals surface area contributed by atoms with Crippen LogP contribution in [0.15, 0.2) is 23.3 Å². The first-order valence-electron chi connectivity index (χ1n) is 17.9. The van der Waals surface area contributed by atoms with Gasteiger partial charge in [0.1, 0.15) is 30.5 Å². The van der Waals surface area contributed by atoms with Gasteiger partial charge in [0.05, 0.1) is 24.9 Å². The molecule has 268 valence electrons. The Bertz CT molecular complexity index is 1190. The van der Waals surface area contributed by atoms with Gasteiger partial charge in [-0.3, -0.25) is 4.79 Å². The first kappa shape index (κ1) is 36.9. The van der Waals surface area contributed by atoms with Crippen LogP contribution in [-0.2, 0) is 19.0 Å². The summed E-state index contributed by atoms with van der Waals surface area (Å²) in [5, 5.41) is 58.2. The van der Waals surface area contributed by atoms with Crippen molar-refractivity contribution in [2.75, 3.05) is 13.7 Å². The number of hydrogen-bond donors (Lipinski definition) is 6. The number of amides is 1. The molecule has 5 aliphatic rings. The molecule has 4 fully saturated rings. The van der Waals surface area contributed by atoms with E-state index in [2.05, 4.69) is 46.5 Å². The molecule has 1 amide bonds. The molecule has 1 saturated heterocycles. The van der Waals surface area contributed by atoms with Gasteiger partial charge in [-0.1, -0.05) is 52.3 Å². The second-order valence-corrected chi connectivity index (χ2v) is 16.3. The van der Waals surface area contributed by atoms with Crippen molar-refractivity contribution >= 4 is 5.91 Å². The SMILES string of the molecule is C=C(CCC(C)C1C(OC2OC(CO)C(OC)C(O)C2NC(C)=O)CC2=C3C(O)C(O)C4CC(O)CCC4(C)C3CCC21C)C(C)C. The second-order valence-electron chi connectivity index (χ2n) is 16.3. The number of allylic oxidation sites excluding steroid dienone is 1. The standard InChI is InChI=1S/C37H61NO9/c1-18(2)19(3)9-10-20(4)29-26(46-35-30(38-21(5)40)33(44)34(45-8)27(17-39)47-35)16-24-28-23(12-14-37(24,29)7)36(6)13-11-22(41)15-25(36)31(42)32(28)43/h18,20,22-23,25-27,29-35,39,41-44H,3,9-17H2,1-2,4-8H3,(H,38,40). The summed E-state index contributed by atoms with van der Waals surface area (Å²) in [5.41, 5.74) is 2.75.